The van der Waals surface area contributed by atoms with Gasteiger partial charge < -0.3 is 9.47 Å². The predicted molar refractivity (Wildman–Crippen MR) is 89.8 cm³/mol. The van der Waals surface area contributed by atoms with Crippen molar-refractivity contribution in [2.45, 2.75) is 24.8 Å². The molecular formula is C17H17F2NO5S. The molecule has 0 aromatic heterocycles. The van der Waals surface area contributed by atoms with E-state index in [0.717, 1.165) is 12.1 Å². The molecule has 9 heteroatoms. The molecule has 0 aliphatic rings. The third-order valence-corrected chi connectivity index (χ3v) is 4.56. The van der Waals surface area contributed by atoms with Crippen LogP contribution in [0.2, 0.25) is 0 Å². The van der Waals surface area contributed by atoms with Gasteiger partial charge in [-0.15, -0.1) is 0 Å². The number of amides is 1. The number of carbonyl (C=O) groups excluding carboxylic acids is 1. The fourth-order valence-corrected chi connectivity index (χ4v) is 3.12. The Morgan fingerprint density at radius 1 is 1.08 bits per heavy atom. The number of ether oxygens (including phenoxy) is 2. The van der Waals surface area contributed by atoms with E-state index in [-0.39, 0.29) is 17.4 Å². The minimum atomic E-state index is -4.52. The summed E-state index contributed by atoms with van der Waals surface area (Å²) in [6.07, 6.45) is -0.134. The quantitative estimate of drug-likeness (QED) is 0.827. The maximum absolute atomic E-state index is 13.7. The molecule has 0 aliphatic carbocycles. The molecule has 0 unspecified atom stereocenters. The van der Waals surface area contributed by atoms with E-state index in [2.05, 4.69) is 0 Å². The van der Waals surface area contributed by atoms with Gasteiger partial charge in [0.05, 0.1) is 13.2 Å². The lowest BCUT2D eigenvalue weighted by Gasteiger charge is -2.14. The molecule has 0 bridgehead atoms. The number of methoxy groups -OCH3 is 1. The van der Waals surface area contributed by atoms with E-state index in [4.69, 9.17) is 9.47 Å². The van der Waals surface area contributed by atoms with E-state index in [1.165, 1.54) is 25.3 Å². The summed E-state index contributed by atoms with van der Waals surface area (Å²) < 4.78 is 63.3. The Balaban J connectivity index is 2.29. The first-order valence-electron chi connectivity index (χ1n) is 7.51. The van der Waals surface area contributed by atoms with Gasteiger partial charge in [0.2, 0.25) is 0 Å². The lowest BCUT2D eigenvalue weighted by molar-refractivity contribution is 0.0981. The van der Waals surface area contributed by atoms with Crippen LogP contribution in [0.25, 0.3) is 0 Å². The highest BCUT2D eigenvalue weighted by Gasteiger charge is 2.23. The standard InChI is InChI=1S/C17H17F2NO5S/c1-10(2)25-14-6-4-11(8-15(14)24-3)17(21)20-26(22,23)16-7-5-12(18)9-13(16)19/h4-10H,1-3H3,(H,20,21). The lowest BCUT2D eigenvalue weighted by Crippen LogP contribution is -2.31. The number of hydrogen-bond donors (Lipinski definition) is 1. The molecule has 1 amide bonds. The molecule has 0 fully saturated rings. The van der Waals surface area contributed by atoms with Crippen molar-refractivity contribution >= 4 is 15.9 Å². The second kappa shape index (κ2) is 7.69. The number of rotatable bonds is 6. The molecule has 0 radical (unpaired) electrons. The van der Waals surface area contributed by atoms with Crippen molar-refractivity contribution in [3.8, 4) is 11.5 Å². The monoisotopic (exact) mass is 385 g/mol. The molecule has 0 atom stereocenters. The highest BCUT2D eigenvalue weighted by Crippen LogP contribution is 2.29. The van der Waals surface area contributed by atoms with Gasteiger partial charge >= 0.3 is 0 Å². The molecule has 140 valence electrons. The van der Waals surface area contributed by atoms with Crippen molar-refractivity contribution in [2.75, 3.05) is 7.11 Å². The fraction of sp³-hybridized carbons (Fsp3) is 0.235. The number of sulfonamides is 1. The molecule has 6 nitrogen and oxygen atoms in total. The van der Waals surface area contributed by atoms with Crippen molar-refractivity contribution in [1.82, 2.24) is 4.72 Å². The van der Waals surface area contributed by atoms with E-state index in [1.54, 1.807) is 4.72 Å². The summed E-state index contributed by atoms with van der Waals surface area (Å²) in [5, 5.41) is 0. The first kappa shape index (κ1) is 19.6. The van der Waals surface area contributed by atoms with E-state index >= 15 is 0 Å². The van der Waals surface area contributed by atoms with Crippen molar-refractivity contribution in [2.24, 2.45) is 0 Å². The van der Waals surface area contributed by atoms with Crippen molar-refractivity contribution in [3.05, 3.63) is 53.6 Å². The Labute approximate surface area is 149 Å². The minimum absolute atomic E-state index is 0.0379. The summed E-state index contributed by atoms with van der Waals surface area (Å²) in [5.74, 6) is -2.62. The Kier molecular flexibility index (Phi) is 5.81. The number of nitrogens with one attached hydrogen (secondary N) is 1. The van der Waals surface area contributed by atoms with Crippen LogP contribution >= 0.6 is 0 Å². The summed E-state index contributed by atoms with van der Waals surface area (Å²) in [5.41, 5.74) is -0.0379. The molecule has 2 aromatic rings. The SMILES string of the molecule is COc1cc(C(=O)NS(=O)(=O)c2ccc(F)cc2F)ccc1OC(C)C. The van der Waals surface area contributed by atoms with Crippen LogP contribution in [-0.4, -0.2) is 27.5 Å². The van der Waals surface area contributed by atoms with Gasteiger partial charge in [0.1, 0.15) is 16.5 Å². The highest BCUT2D eigenvalue weighted by atomic mass is 32.2. The fourth-order valence-electron chi connectivity index (χ4n) is 2.09. The first-order valence-corrected chi connectivity index (χ1v) is 8.99. The Morgan fingerprint density at radius 3 is 2.35 bits per heavy atom. The maximum Gasteiger partial charge on any atom is 0.267 e. The Bertz CT molecular complexity index is 929. The van der Waals surface area contributed by atoms with E-state index in [1.807, 2.05) is 13.8 Å². The van der Waals surface area contributed by atoms with Crippen LogP contribution in [0, 0.1) is 11.6 Å². The second-order valence-electron chi connectivity index (χ2n) is 5.54. The largest absolute Gasteiger partial charge is 0.493 e. The molecule has 26 heavy (non-hydrogen) atoms. The summed E-state index contributed by atoms with van der Waals surface area (Å²) in [6.45, 7) is 3.62. The van der Waals surface area contributed by atoms with Crippen molar-refractivity contribution in [1.29, 1.82) is 0 Å². The van der Waals surface area contributed by atoms with Gasteiger partial charge in [-0.3, -0.25) is 4.79 Å². The molecule has 0 spiro atoms. The molecule has 0 saturated carbocycles. The van der Waals surface area contributed by atoms with Crippen LogP contribution in [0.15, 0.2) is 41.3 Å². The second-order valence-corrected chi connectivity index (χ2v) is 7.19. The summed E-state index contributed by atoms with van der Waals surface area (Å²) in [6, 6.07) is 6.03. The zero-order valence-corrected chi connectivity index (χ0v) is 15.1. The average molecular weight is 385 g/mol. The van der Waals surface area contributed by atoms with E-state index in [9.17, 15) is 22.0 Å². The summed E-state index contributed by atoms with van der Waals surface area (Å²) in [4.78, 5) is 11.4. The van der Waals surface area contributed by atoms with Crippen LogP contribution < -0.4 is 14.2 Å². The van der Waals surface area contributed by atoms with Gasteiger partial charge in [-0.2, -0.15) is 0 Å². The molecule has 0 saturated heterocycles. The van der Waals surface area contributed by atoms with Crippen LogP contribution in [0.4, 0.5) is 8.78 Å². The van der Waals surface area contributed by atoms with Gasteiger partial charge in [0.15, 0.2) is 11.5 Å². The molecule has 1 N–H and O–H groups in total. The van der Waals surface area contributed by atoms with Crippen molar-refractivity contribution < 1.29 is 31.5 Å². The number of hydrogen-bond acceptors (Lipinski definition) is 5. The van der Waals surface area contributed by atoms with Gasteiger partial charge in [-0.25, -0.2) is 21.9 Å². The van der Waals surface area contributed by atoms with Gasteiger partial charge in [0.25, 0.3) is 15.9 Å². The maximum atomic E-state index is 13.7. The smallest absolute Gasteiger partial charge is 0.267 e. The summed E-state index contributed by atoms with van der Waals surface area (Å²) >= 11 is 0. The van der Waals surface area contributed by atoms with Crippen LogP contribution in [0.1, 0.15) is 24.2 Å². The van der Waals surface area contributed by atoms with Crippen LogP contribution in [0.5, 0.6) is 11.5 Å². The van der Waals surface area contributed by atoms with Gasteiger partial charge in [-0.05, 0) is 44.2 Å². The summed E-state index contributed by atoms with van der Waals surface area (Å²) in [7, 11) is -3.15. The molecule has 0 heterocycles. The molecule has 2 rings (SSSR count). The third kappa shape index (κ3) is 4.48. The lowest BCUT2D eigenvalue weighted by atomic mass is 10.2. The van der Waals surface area contributed by atoms with Crippen LogP contribution in [-0.2, 0) is 10.0 Å². The third-order valence-electron chi connectivity index (χ3n) is 3.20. The van der Waals surface area contributed by atoms with E-state index < -0.39 is 32.5 Å². The Hall–Kier alpha value is -2.68. The minimum Gasteiger partial charge on any atom is -0.493 e. The van der Waals surface area contributed by atoms with Gasteiger partial charge in [0, 0.05) is 11.6 Å². The first-order chi connectivity index (χ1) is 12.1. The topological polar surface area (TPSA) is 81.7 Å². The molecule has 0 aliphatic heterocycles. The van der Waals surface area contributed by atoms with E-state index in [0.29, 0.717) is 11.8 Å². The zero-order valence-electron chi connectivity index (χ0n) is 14.2. The zero-order chi connectivity index (χ0) is 19.5. The Morgan fingerprint density at radius 2 is 1.77 bits per heavy atom. The number of halogens is 2. The molecule has 2 aromatic carbocycles. The average Bonchev–Trinajstić information content (AvgIpc) is 2.53. The van der Waals surface area contributed by atoms with Crippen LogP contribution in [0.3, 0.4) is 0 Å². The van der Waals surface area contributed by atoms with Crippen molar-refractivity contribution in [3.63, 3.8) is 0 Å². The highest BCUT2D eigenvalue weighted by molar-refractivity contribution is 7.90. The number of benzene rings is 2. The van der Waals surface area contributed by atoms with Gasteiger partial charge in [-0.1, -0.05) is 0 Å². The normalized spacial score (nSPS) is 11.3. The predicted octanol–water partition coefficient (Wildman–Crippen LogP) is 2.88. The molecular weight excluding hydrogens is 368 g/mol. The number of carbonyl (C=O) groups is 1.